The summed E-state index contributed by atoms with van der Waals surface area (Å²) in [7, 11) is 0.231. The molecule has 0 saturated heterocycles. The van der Waals surface area contributed by atoms with Gasteiger partial charge in [0.15, 0.2) is 0 Å². The summed E-state index contributed by atoms with van der Waals surface area (Å²) in [5.41, 5.74) is 0. The van der Waals surface area contributed by atoms with Gasteiger partial charge in [0.05, 0.1) is 0 Å². The minimum absolute atomic E-state index is 0.468. The van der Waals surface area contributed by atoms with Crippen LogP contribution < -0.4 is 0 Å². The highest BCUT2D eigenvalue weighted by molar-refractivity contribution is 8.13. The van der Waals surface area contributed by atoms with E-state index in [2.05, 4.69) is 4.98 Å². The van der Waals surface area contributed by atoms with E-state index in [4.69, 9.17) is 10.7 Å². The molecule has 1 rings (SSSR count). The molecule has 0 atom stereocenters. The van der Waals surface area contributed by atoms with E-state index in [1.807, 2.05) is 0 Å². The van der Waals surface area contributed by atoms with Gasteiger partial charge < -0.3 is 0 Å². The number of hydrogen-bond donors (Lipinski definition) is 0. The van der Waals surface area contributed by atoms with Crippen LogP contribution in [0.4, 0.5) is 13.2 Å². The van der Waals surface area contributed by atoms with E-state index < -0.39 is 25.1 Å². The Labute approximate surface area is 75.4 Å². The van der Waals surface area contributed by atoms with Gasteiger partial charge in [0.1, 0.15) is 0 Å². The molecule has 74 valence electrons. The van der Waals surface area contributed by atoms with Crippen molar-refractivity contribution in [2.75, 3.05) is 0 Å². The van der Waals surface area contributed by atoms with E-state index in [0.717, 1.165) is 0 Å². The summed E-state index contributed by atoms with van der Waals surface area (Å²) in [6, 6.07) is 0. The fourth-order valence-corrected chi connectivity index (χ4v) is 1.59. The average molecular weight is 235 g/mol. The van der Waals surface area contributed by atoms with Gasteiger partial charge in [-0.1, -0.05) is 0 Å². The van der Waals surface area contributed by atoms with Crippen LogP contribution in [0.25, 0.3) is 0 Å². The first-order valence-electron chi connectivity index (χ1n) is 2.78. The quantitative estimate of drug-likeness (QED) is 0.688. The first kappa shape index (κ1) is 10.3. The monoisotopic (exact) mass is 234 g/mol. The Bertz CT molecular complexity index is 409. The normalized spacial score (nSPS) is 13.2. The first-order valence-corrected chi connectivity index (χ1v) is 5.09. The Morgan fingerprint density at radius 1 is 1.46 bits per heavy atom. The van der Waals surface area contributed by atoms with Gasteiger partial charge in [-0.2, -0.15) is 0 Å². The number of imidazole rings is 1. The molecule has 1 aromatic rings. The molecule has 0 saturated carbocycles. The Balaban J connectivity index is 3.35. The fourth-order valence-electron chi connectivity index (χ4n) is 0.663. The standard InChI is InChI=1S/C4H2ClF3N2O2S/c5-13(11,12)3-9-1-2-10(3)4(6,7)8/h1-2H. The molecule has 9 heteroatoms. The Kier molecular flexibility index (Phi) is 2.28. The maximum Gasteiger partial charge on any atom is 0.490 e. The van der Waals surface area contributed by atoms with Crippen LogP contribution in [-0.2, 0) is 15.4 Å². The van der Waals surface area contributed by atoms with Crippen molar-refractivity contribution in [2.45, 2.75) is 11.5 Å². The van der Waals surface area contributed by atoms with E-state index >= 15 is 0 Å². The highest BCUT2D eigenvalue weighted by Crippen LogP contribution is 2.26. The molecular formula is C4H2ClF3N2O2S. The topological polar surface area (TPSA) is 52.0 Å². The number of hydrogen-bond acceptors (Lipinski definition) is 3. The predicted molar refractivity (Wildman–Crippen MR) is 36.6 cm³/mol. The molecule has 0 fully saturated rings. The van der Waals surface area contributed by atoms with Gasteiger partial charge in [-0.25, -0.2) is 18.0 Å². The molecule has 0 amide bonds. The zero-order valence-electron chi connectivity index (χ0n) is 5.79. The van der Waals surface area contributed by atoms with Crippen LogP contribution in [-0.4, -0.2) is 18.0 Å². The molecule has 1 heterocycles. The van der Waals surface area contributed by atoms with Gasteiger partial charge >= 0.3 is 6.30 Å². The van der Waals surface area contributed by atoms with Crippen LogP contribution >= 0.6 is 10.7 Å². The number of alkyl halides is 3. The fraction of sp³-hybridized carbons (Fsp3) is 0.250. The van der Waals surface area contributed by atoms with Gasteiger partial charge in [0.2, 0.25) is 0 Å². The van der Waals surface area contributed by atoms with Crippen molar-refractivity contribution in [3.05, 3.63) is 12.4 Å². The minimum atomic E-state index is -4.84. The summed E-state index contributed by atoms with van der Waals surface area (Å²) in [4.78, 5) is 2.98. The van der Waals surface area contributed by atoms with Crippen LogP contribution in [0.3, 0.4) is 0 Å². The highest BCUT2D eigenvalue weighted by Gasteiger charge is 2.36. The number of rotatable bonds is 1. The van der Waals surface area contributed by atoms with Gasteiger partial charge in [-0.05, 0) is 0 Å². The lowest BCUT2D eigenvalue weighted by Crippen LogP contribution is -2.19. The molecular weight excluding hydrogens is 233 g/mol. The van der Waals surface area contributed by atoms with Crippen LogP contribution in [0.5, 0.6) is 0 Å². The third-order valence-corrected chi connectivity index (χ3v) is 2.25. The second-order valence-corrected chi connectivity index (χ2v) is 4.45. The number of halogens is 4. The number of nitrogens with zero attached hydrogens (tertiary/aromatic N) is 2. The lowest BCUT2D eigenvalue weighted by molar-refractivity contribution is -0.209. The van der Waals surface area contributed by atoms with E-state index in [1.54, 1.807) is 0 Å². The maximum absolute atomic E-state index is 12.0. The second-order valence-electron chi connectivity index (χ2n) is 1.99. The van der Waals surface area contributed by atoms with Gasteiger partial charge in [-0.15, -0.1) is 13.2 Å². The Hall–Kier alpha value is -0.760. The van der Waals surface area contributed by atoms with Gasteiger partial charge in [0, 0.05) is 23.1 Å². The van der Waals surface area contributed by atoms with Crippen LogP contribution in [0, 0.1) is 0 Å². The largest absolute Gasteiger partial charge is 0.490 e. The van der Waals surface area contributed by atoms with Gasteiger partial charge in [-0.3, -0.25) is 0 Å². The lowest BCUT2D eigenvalue weighted by Gasteiger charge is -2.08. The third-order valence-electron chi connectivity index (χ3n) is 1.10. The van der Waals surface area contributed by atoms with Crippen LogP contribution in [0.1, 0.15) is 0 Å². The Morgan fingerprint density at radius 3 is 2.31 bits per heavy atom. The van der Waals surface area contributed by atoms with Crippen molar-refractivity contribution in [1.29, 1.82) is 0 Å². The molecule has 0 radical (unpaired) electrons. The zero-order valence-corrected chi connectivity index (χ0v) is 7.36. The molecule has 0 aliphatic rings. The summed E-state index contributed by atoms with van der Waals surface area (Å²) in [6.07, 6.45) is -3.67. The predicted octanol–water partition coefficient (Wildman–Crippen LogP) is 1.29. The molecule has 0 aliphatic carbocycles. The van der Waals surface area contributed by atoms with Crippen molar-refractivity contribution in [3.8, 4) is 0 Å². The van der Waals surface area contributed by atoms with Crippen LogP contribution in [0.15, 0.2) is 17.6 Å². The van der Waals surface area contributed by atoms with Crippen molar-refractivity contribution in [1.82, 2.24) is 9.55 Å². The molecule has 0 N–H and O–H groups in total. The highest BCUT2D eigenvalue weighted by atomic mass is 35.7. The zero-order chi connectivity index (χ0) is 10.3. The summed E-state index contributed by atoms with van der Waals surface area (Å²) < 4.78 is 56.6. The third kappa shape index (κ3) is 2.13. The van der Waals surface area contributed by atoms with E-state index in [1.165, 1.54) is 0 Å². The molecule has 0 unspecified atom stereocenters. The molecule has 0 bridgehead atoms. The smallest absolute Gasteiger partial charge is 0.231 e. The van der Waals surface area contributed by atoms with E-state index in [9.17, 15) is 21.6 Å². The van der Waals surface area contributed by atoms with Crippen molar-refractivity contribution < 1.29 is 21.6 Å². The Morgan fingerprint density at radius 2 is 2.00 bits per heavy atom. The molecule has 4 nitrogen and oxygen atoms in total. The van der Waals surface area contributed by atoms with Gasteiger partial charge in [0.25, 0.3) is 14.2 Å². The SMILES string of the molecule is O=S(=O)(Cl)c1nccn1C(F)(F)F. The summed E-state index contributed by atoms with van der Waals surface area (Å²) in [5.74, 6) is 0. The van der Waals surface area contributed by atoms with Crippen LogP contribution in [0.2, 0.25) is 0 Å². The maximum atomic E-state index is 12.0. The van der Waals surface area contributed by atoms with E-state index in [-0.39, 0.29) is 0 Å². The van der Waals surface area contributed by atoms with Crippen molar-refractivity contribution >= 4 is 19.7 Å². The van der Waals surface area contributed by atoms with Crippen molar-refractivity contribution in [2.24, 2.45) is 0 Å². The summed E-state index contributed by atoms with van der Waals surface area (Å²) in [5, 5.41) is -1.23. The molecule has 0 aliphatic heterocycles. The van der Waals surface area contributed by atoms with E-state index in [0.29, 0.717) is 12.4 Å². The lowest BCUT2D eigenvalue weighted by atomic mass is 10.9. The molecule has 0 aromatic carbocycles. The molecule has 13 heavy (non-hydrogen) atoms. The molecule has 1 aromatic heterocycles. The minimum Gasteiger partial charge on any atom is -0.231 e. The average Bonchev–Trinajstić information content (AvgIpc) is 2.27. The van der Waals surface area contributed by atoms with Crippen molar-refractivity contribution in [3.63, 3.8) is 0 Å². The number of aromatic nitrogens is 2. The summed E-state index contributed by atoms with van der Waals surface area (Å²) in [6.45, 7) is 0. The summed E-state index contributed by atoms with van der Waals surface area (Å²) >= 11 is 0. The molecule has 0 spiro atoms. The second kappa shape index (κ2) is 2.88. The first-order chi connectivity index (χ1) is 5.73.